The number of nitrogens with zero attached hydrogens (tertiary/aromatic N) is 2. The number of amides is 5. The van der Waals surface area contributed by atoms with Gasteiger partial charge in [0.05, 0.1) is 0 Å². The third-order valence-corrected chi connectivity index (χ3v) is 14.1. The zero-order chi connectivity index (χ0) is 35.0. The molecule has 48 heavy (non-hydrogen) atoms. The highest BCUT2D eigenvalue weighted by atomic mass is 32.2. The number of hydrogen-bond donors (Lipinski definition) is 4. The fraction of sp³-hybridized carbons (Fsp3) is 0.861. The van der Waals surface area contributed by atoms with Gasteiger partial charge in [-0.25, -0.2) is 9.10 Å². The van der Waals surface area contributed by atoms with Crippen molar-refractivity contribution < 1.29 is 23.4 Å². The molecule has 0 aromatic carbocycles. The van der Waals surface area contributed by atoms with E-state index in [1.54, 1.807) is 22.5 Å². The molecule has 0 aromatic heterocycles. The van der Waals surface area contributed by atoms with E-state index in [1.807, 2.05) is 20.8 Å². The average Bonchev–Trinajstić information content (AvgIpc) is 3.54. The Hall–Kier alpha value is -2.34. The first-order valence-electron chi connectivity index (χ1n) is 18.5. The van der Waals surface area contributed by atoms with Crippen molar-refractivity contribution in [1.29, 1.82) is 0 Å². The Balaban J connectivity index is 1.37. The summed E-state index contributed by atoms with van der Waals surface area (Å²) in [5.41, 5.74) is 5.49. The van der Waals surface area contributed by atoms with Crippen molar-refractivity contribution in [3.05, 3.63) is 0 Å². The molecule has 5 fully saturated rings. The van der Waals surface area contributed by atoms with Gasteiger partial charge in [0.2, 0.25) is 17.7 Å². The van der Waals surface area contributed by atoms with E-state index in [0.29, 0.717) is 19.0 Å². The second-order valence-corrected chi connectivity index (χ2v) is 19.7. The summed E-state index contributed by atoms with van der Waals surface area (Å²) >= 11 is 0. The fourth-order valence-electron chi connectivity index (χ4n) is 9.08. The second-order valence-electron chi connectivity index (χ2n) is 17.2. The summed E-state index contributed by atoms with van der Waals surface area (Å²) < 4.78 is 14.3. The molecule has 12 heteroatoms. The number of primary amides is 1. The van der Waals surface area contributed by atoms with Gasteiger partial charge in [0.15, 0.2) is 0 Å². The van der Waals surface area contributed by atoms with Crippen LogP contribution in [0.5, 0.6) is 0 Å². The molecule has 0 bridgehead atoms. The van der Waals surface area contributed by atoms with Gasteiger partial charge in [-0.3, -0.25) is 18.6 Å². The molecule has 2 unspecified atom stereocenters. The van der Waals surface area contributed by atoms with E-state index in [1.165, 1.54) is 6.42 Å². The van der Waals surface area contributed by atoms with Crippen molar-refractivity contribution in [2.75, 3.05) is 26.4 Å². The maximum absolute atomic E-state index is 14.8. The van der Waals surface area contributed by atoms with Crippen molar-refractivity contribution >= 4 is 39.3 Å². The summed E-state index contributed by atoms with van der Waals surface area (Å²) in [6, 6.07) is -2.51. The molecule has 1 heterocycles. The number of hydrogen-bond acceptors (Lipinski definition) is 5. The van der Waals surface area contributed by atoms with Crippen LogP contribution in [0.3, 0.4) is 0 Å². The molecule has 272 valence electrons. The highest BCUT2D eigenvalue weighted by Gasteiger charge is 2.64. The van der Waals surface area contributed by atoms with E-state index in [4.69, 9.17) is 5.73 Å². The van der Waals surface area contributed by atoms with Crippen LogP contribution in [0.2, 0.25) is 0 Å². The lowest BCUT2D eigenvalue weighted by Crippen LogP contribution is -2.61. The van der Waals surface area contributed by atoms with Gasteiger partial charge < -0.3 is 26.6 Å². The molecule has 0 aromatic rings. The average molecular weight is 691 g/mol. The summed E-state index contributed by atoms with van der Waals surface area (Å²) in [6.45, 7) is 6.93. The molecule has 5 rings (SSSR count). The summed E-state index contributed by atoms with van der Waals surface area (Å²) in [5.74, 6) is 3.81. The Morgan fingerprint density at radius 2 is 1.65 bits per heavy atom. The number of fused-ring (bicyclic) bond motifs is 2. The number of nitrogens with one attached hydrogen (secondary N) is 3. The Bertz CT molecular complexity index is 1320. The summed E-state index contributed by atoms with van der Waals surface area (Å²) in [4.78, 5) is 56.7. The topological polar surface area (TPSA) is 154 Å². The van der Waals surface area contributed by atoms with Gasteiger partial charge in [0.1, 0.15) is 12.1 Å². The number of carbonyl (C=O) groups excluding carboxylic acids is 4. The number of carbonyl (C=O) groups is 4. The normalized spacial score (nSPS) is 28.5. The Morgan fingerprint density at radius 1 is 0.979 bits per heavy atom. The van der Waals surface area contributed by atoms with Crippen LogP contribution in [0.15, 0.2) is 0 Å². The molecule has 4 aliphatic carbocycles. The third kappa shape index (κ3) is 8.50. The van der Waals surface area contributed by atoms with Crippen LogP contribution in [0, 0.1) is 34.5 Å². The first-order chi connectivity index (χ1) is 22.5. The molecular weight excluding hydrogens is 629 g/mol. The molecule has 1 aliphatic heterocycles. The van der Waals surface area contributed by atoms with E-state index in [0.717, 1.165) is 77.0 Å². The van der Waals surface area contributed by atoms with Gasteiger partial charge in [-0.1, -0.05) is 59.3 Å². The molecule has 5 N–H and O–H groups in total. The summed E-state index contributed by atoms with van der Waals surface area (Å²) in [7, 11) is -0.728. The van der Waals surface area contributed by atoms with Crippen molar-refractivity contribution in [2.24, 2.45) is 40.2 Å². The first-order valence-corrected chi connectivity index (χ1v) is 20.6. The number of likely N-dealkylation sites (tertiary alicyclic amines) is 1. The SMILES string of the molecule is C=S(C)(=O)N(C)C[C@@H](NC(=O)N[C@H](C(=O)N1C[C@H]2[C@H](CCC23CC3)[C@H]1C(=O)NC(CC(N)=O)CC1CCC1)C1CCCCC1)C(C)(C)C. The van der Waals surface area contributed by atoms with Gasteiger partial charge in [0.25, 0.3) is 0 Å². The largest absolute Gasteiger partial charge is 0.370 e. The molecule has 5 amide bonds. The maximum atomic E-state index is 14.8. The molecule has 1 spiro atoms. The van der Waals surface area contributed by atoms with Crippen LogP contribution in [0.1, 0.15) is 111 Å². The number of nitrogens with two attached hydrogens (primary N) is 1. The van der Waals surface area contributed by atoms with Crippen LogP contribution in [-0.4, -0.2) is 93.6 Å². The third-order valence-electron chi connectivity index (χ3n) is 12.6. The molecular formula is C36H62N6O5S. The monoisotopic (exact) mass is 690 g/mol. The van der Waals surface area contributed by atoms with Crippen molar-refractivity contribution in [1.82, 2.24) is 25.2 Å². The van der Waals surface area contributed by atoms with Gasteiger partial charge in [-0.05, 0) is 92.4 Å². The quantitative estimate of drug-likeness (QED) is 0.218. The highest BCUT2D eigenvalue weighted by molar-refractivity contribution is 7.97. The van der Waals surface area contributed by atoms with E-state index < -0.39 is 33.7 Å². The van der Waals surface area contributed by atoms with Gasteiger partial charge in [-0.2, -0.15) is 0 Å². The number of likely N-dealkylation sites (N-methyl/N-ethyl adjacent to an activating group) is 1. The van der Waals surface area contributed by atoms with Crippen LogP contribution in [0.25, 0.3) is 0 Å². The Labute approximate surface area is 288 Å². The van der Waals surface area contributed by atoms with Crippen molar-refractivity contribution in [3.63, 3.8) is 0 Å². The fourth-order valence-corrected chi connectivity index (χ4v) is 9.54. The van der Waals surface area contributed by atoms with Crippen LogP contribution in [-0.2, 0) is 24.1 Å². The van der Waals surface area contributed by atoms with E-state index in [9.17, 15) is 23.4 Å². The number of urea groups is 1. The van der Waals surface area contributed by atoms with Crippen LogP contribution < -0.4 is 21.7 Å². The van der Waals surface area contributed by atoms with Gasteiger partial charge in [-0.15, -0.1) is 0 Å². The highest BCUT2D eigenvalue weighted by Crippen LogP contribution is 2.66. The molecule has 1 saturated heterocycles. The molecule has 4 saturated carbocycles. The second kappa shape index (κ2) is 14.5. The van der Waals surface area contributed by atoms with Gasteiger partial charge in [0, 0.05) is 47.6 Å². The standard InChI is InChI=1S/C36H62N6O5S/c1-35(2,3)28(22-41(4)48(5,6)47)39-34(46)40-30(24-13-8-7-9-14-24)33(45)42-21-27-26(15-16-36(27)17-18-36)31(42)32(44)38-25(20-29(37)43)19-23-11-10-12-23/h23-28,30-31H,5,7-22H2,1-4,6H3,(H2,37,43)(H,38,44)(H2,39,40,46)/t25?,26-,27-,28+,30-,31-,48?/m0/s1. The zero-order valence-corrected chi connectivity index (χ0v) is 30.9. The lowest BCUT2D eigenvalue weighted by atomic mass is 9.80. The van der Waals surface area contributed by atoms with Crippen molar-refractivity contribution in [2.45, 2.75) is 135 Å². The molecule has 11 nitrogen and oxygen atoms in total. The lowest BCUT2D eigenvalue weighted by molar-refractivity contribution is -0.142. The molecule has 5 aliphatic rings. The van der Waals surface area contributed by atoms with E-state index >= 15 is 0 Å². The van der Waals surface area contributed by atoms with Crippen LogP contribution >= 0.6 is 0 Å². The minimum atomic E-state index is -2.47. The molecule has 0 radical (unpaired) electrons. The molecule has 7 atom stereocenters. The minimum Gasteiger partial charge on any atom is -0.370 e. The van der Waals surface area contributed by atoms with E-state index in [2.05, 4.69) is 21.8 Å². The summed E-state index contributed by atoms with van der Waals surface area (Å²) in [5, 5.41) is 9.41. The smallest absolute Gasteiger partial charge is 0.315 e. The van der Waals surface area contributed by atoms with Crippen LogP contribution in [0.4, 0.5) is 4.79 Å². The predicted molar refractivity (Wildman–Crippen MR) is 190 cm³/mol. The van der Waals surface area contributed by atoms with Crippen molar-refractivity contribution in [3.8, 4) is 0 Å². The van der Waals surface area contributed by atoms with Gasteiger partial charge >= 0.3 is 6.03 Å². The number of rotatable bonds is 13. The zero-order valence-electron chi connectivity index (χ0n) is 30.1. The Kier molecular flexibility index (Phi) is 11.1. The summed E-state index contributed by atoms with van der Waals surface area (Å²) in [6.07, 6.45) is 14.8. The maximum Gasteiger partial charge on any atom is 0.315 e. The first kappa shape index (κ1) is 36.9. The lowest BCUT2D eigenvalue weighted by Gasteiger charge is -2.38. The minimum absolute atomic E-state index is 0.0257. The Morgan fingerprint density at radius 3 is 2.19 bits per heavy atom. The van der Waals surface area contributed by atoms with E-state index in [-0.39, 0.29) is 58.9 Å². The predicted octanol–water partition coefficient (Wildman–Crippen LogP) is 3.41.